The highest BCUT2D eigenvalue weighted by atomic mass is 16.4. The van der Waals surface area contributed by atoms with Crippen LogP contribution in [0.1, 0.15) is 58.3 Å². The molecule has 1 N–H and O–H groups in total. The smallest absolute Gasteiger partial charge is 0.159 e. The fraction of sp³-hybridized carbons (Fsp3) is 0.600. The van der Waals surface area contributed by atoms with Crippen molar-refractivity contribution in [2.75, 3.05) is 0 Å². The molecule has 0 aromatic carbocycles. The molecule has 0 unspecified atom stereocenters. The summed E-state index contributed by atoms with van der Waals surface area (Å²) in [5, 5.41) is 20.3. The van der Waals surface area contributed by atoms with Gasteiger partial charge in [-0.1, -0.05) is 56.6 Å². The van der Waals surface area contributed by atoms with Crippen molar-refractivity contribution in [3.05, 3.63) is 36.5 Å². The molecule has 0 bridgehead atoms. The summed E-state index contributed by atoms with van der Waals surface area (Å²) in [6, 6.07) is 0. The van der Waals surface area contributed by atoms with Gasteiger partial charge in [0.1, 0.15) is 0 Å². The van der Waals surface area contributed by atoms with E-state index in [9.17, 15) is 19.8 Å². The molecule has 0 saturated carbocycles. The van der Waals surface area contributed by atoms with Gasteiger partial charge in [-0.2, -0.15) is 0 Å². The second kappa shape index (κ2) is 11.8. The maximum absolute atomic E-state index is 11.9. The molecule has 4 heteroatoms. The van der Waals surface area contributed by atoms with E-state index in [0.29, 0.717) is 19.3 Å². The minimum atomic E-state index is -1.03. The van der Waals surface area contributed by atoms with Gasteiger partial charge in [-0.05, 0) is 38.2 Å². The minimum absolute atomic E-state index is 0.0335. The van der Waals surface area contributed by atoms with E-state index in [1.54, 1.807) is 12.2 Å². The summed E-state index contributed by atoms with van der Waals surface area (Å²) in [6.07, 6.45) is 16.7. The van der Waals surface area contributed by atoms with E-state index in [0.717, 1.165) is 25.7 Å². The average molecular weight is 333 g/mol. The molecule has 0 aliphatic heterocycles. The normalized spacial score (nSPS) is 22.0. The number of allylic oxidation sites excluding steroid dienone is 5. The maximum atomic E-state index is 11.9. The fourth-order valence-electron chi connectivity index (χ4n) is 2.81. The van der Waals surface area contributed by atoms with Crippen LogP contribution in [-0.4, -0.2) is 23.0 Å². The van der Waals surface area contributed by atoms with E-state index in [1.165, 1.54) is 0 Å². The topological polar surface area (TPSA) is 77.4 Å². The molecule has 0 spiro atoms. The van der Waals surface area contributed by atoms with Crippen LogP contribution in [0.5, 0.6) is 0 Å². The Morgan fingerprint density at radius 3 is 2.83 bits per heavy atom. The standard InChI is InChI=1S/C20H30O4/c1-2-3-6-9-17(21)14-12-16-13-15-19(22)18(16)10-7-4-5-8-11-20(23)24/h4,7,12-18,21H,2-3,5-6,8-11H2,1H3,(H,23,24)/p-1/b7-4-,14-12+/t16-,17-,18+/m0/s1. The van der Waals surface area contributed by atoms with Crippen LogP contribution in [-0.2, 0) is 9.59 Å². The van der Waals surface area contributed by atoms with Gasteiger partial charge in [-0.25, -0.2) is 0 Å². The lowest BCUT2D eigenvalue weighted by molar-refractivity contribution is -0.305. The molecule has 0 aromatic heterocycles. The summed E-state index contributed by atoms with van der Waals surface area (Å²) in [4.78, 5) is 22.3. The highest BCUT2D eigenvalue weighted by Gasteiger charge is 2.27. The molecule has 0 aromatic rings. The average Bonchev–Trinajstić information content (AvgIpc) is 2.89. The van der Waals surface area contributed by atoms with Gasteiger partial charge in [0, 0.05) is 17.8 Å². The number of unbranched alkanes of at least 4 members (excludes halogenated alkanes) is 3. The number of carbonyl (C=O) groups is 2. The molecular weight excluding hydrogens is 304 g/mol. The molecule has 1 rings (SSSR count). The van der Waals surface area contributed by atoms with Crippen molar-refractivity contribution in [3.63, 3.8) is 0 Å². The third kappa shape index (κ3) is 8.25. The summed E-state index contributed by atoms with van der Waals surface area (Å²) in [5.41, 5.74) is 0. The summed E-state index contributed by atoms with van der Waals surface area (Å²) < 4.78 is 0. The maximum Gasteiger partial charge on any atom is 0.159 e. The first-order valence-electron chi connectivity index (χ1n) is 8.97. The van der Waals surface area contributed by atoms with Crippen LogP contribution in [0, 0.1) is 11.8 Å². The Bertz CT molecular complexity index is 476. The zero-order valence-corrected chi connectivity index (χ0v) is 14.5. The van der Waals surface area contributed by atoms with E-state index >= 15 is 0 Å². The van der Waals surface area contributed by atoms with Crippen molar-refractivity contribution in [1.82, 2.24) is 0 Å². The third-order valence-electron chi connectivity index (χ3n) is 4.28. The first kappa shape index (κ1) is 20.4. The molecule has 4 nitrogen and oxygen atoms in total. The number of hydrogen-bond acceptors (Lipinski definition) is 4. The van der Waals surface area contributed by atoms with Gasteiger partial charge in [0.2, 0.25) is 0 Å². The van der Waals surface area contributed by atoms with E-state index in [2.05, 4.69) is 6.92 Å². The molecule has 0 fully saturated rings. The van der Waals surface area contributed by atoms with Crippen LogP contribution in [0.15, 0.2) is 36.5 Å². The largest absolute Gasteiger partial charge is 0.550 e. The SMILES string of the molecule is CCCCC[C@H](O)/C=C/[C@H]1C=CC(=O)[C@@H]1C/C=C\CCCC(=O)[O-]. The predicted octanol–water partition coefficient (Wildman–Crippen LogP) is 2.72. The first-order valence-corrected chi connectivity index (χ1v) is 8.97. The highest BCUT2D eigenvalue weighted by molar-refractivity contribution is 5.95. The first-order chi connectivity index (χ1) is 11.5. The van der Waals surface area contributed by atoms with E-state index in [1.807, 2.05) is 24.3 Å². The Labute approximate surface area is 145 Å². The molecule has 134 valence electrons. The predicted molar refractivity (Wildman–Crippen MR) is 93.0 cm³/mol. The molecular formula is C20H29O4-. The van der Waals surface area contributed by atoms with Crippen LogP contribution in [0.25, 0.3) is 0 Å². The Kier molecular flexibility index (Phi) is 10.0. The van der Waals surface area contributed by atoms with Gasteiger partial charge in [-0.15, -0.1) is 0 Å². The van der Waals surface area contributed by atoms with Crippen LogP contribution in [0.3, 0.4) is 0 Å². The molecule has 1 aliphatic rings. The summed E-state index contributed by atoms with van der Waals surface area (Å²) in [7, 11) is 0. The number of aliphatic hydroxyl groups excluding tert-OH is 1. The summed E-state index contributed by atoms with van der Waals surface area (Å²) in [5.74, 6) is -0.988. The fourth-order valence-corrected chi connectivity index (χ4v) is 2.81. The zero-order valence-electron chi connectivity index (χ0n) is 14.5. The summed E-state index contributed by atoms with van der Waals surface area (Å²) >= 11 is 0. The number of aliphatic hydroxyl groups is 1. The van der Waals surface area contributed by atoms with E-state index in [4.69, 9.17) is 0 Å². The molecule has 0 amide bonds. The van der Waals surface area contributed by atoms with Crippen molar-refractivity contribution in [3.8, 4) is 0 Å². The molecule has 0 radical (unpaired) electrons. The van der Waals surface area contributed by atoms with Gasteiger partial charge in [0.05, 0.1) is 6.10 Å². The minimum Gasteiger partial charge on any atom is -0.550 e. The van der Waals surface area contributed by atoms with Crippen molar-refractivity contribution in [2.24, 2.45) is 11.8 Å². The van der Waals surface area contributed by atoms with Crippen LogP contribution >= 0.6 is 0 Å². The second-order valence-electron chi connectivity index (χ2n) is 6.36. The summed E-state index contributed by atoms with van der Waals surface area (Å²) in [6.45, 7) is 2.13. The van der Waals surface area contributed by atoms with Crippen LogP contribution in [0.4, 0.5) is 0 Å². The number of carboxylic acid groups (broad SMARTS) is 1. The Hall–Kier alpha value is -1.68. The number of ketones is 1. The Balaban J connectivity index is 2.38. The van der Waals surface area contributed by atoms with Crippen molar-refractivity contribution >= 4 is 11.8 Å². The Morgan fingerprint density at radius 1 is 1.33 bits per heavy atom. The highest BCUT2D eigenvalue weighted by Crippen LogP contribution is 2.27. The van der Waals surface area contributed by atoms with Gasteiger partial charge in [-0.3, -0.25) is 4.79 Å². The lowest BCUT2D eigenvalue weighted by Crippen LogP contribution is -2.21. The van der Waals surface area contributed by atoms with E-state index < -0.39 is 12.1 Å². The third-order valence-corrected chi connectivity index (χ3v) is 4.28. The van der Waals surface area contributed by atoms with Gasteiger partial charge in [0.25, 0.3) is 0 Å². The second-order valence-corrected chi connectivity index (χ2v) is 6.36. The molecule has 0 heterocycles. The molecule has 24 heavy (non-hydrogen) atoms. The van der Waals surface area contributed by atoms with Crippen LogP contribution < -0.4 is 5.11 Å². The van der Waals surface area contributed by atoms with Crippen LogP contribution in [0.2, 0.25) is 0 Å². The van der Waals surface area contributed by atoms with Crippen molar-refractivity contribution < 1.29 is 19.8 Å². The van der Waals surface area contributed by atoms with Gasteiger partial charge in [0.15, 0.2) is 5.78 Å². The molecule has 0 saturated heterocycles. The van der Waals surface area contributed by atoms with Crippen molar-refractivity contribution in [2.45, 2.75) is 64.4 Å². The lowest BCUT2D eigenvalue weighted by atomic mass is 9.90. The van der Waals surface area contributed by atoms with Gasteiger partial charge < -0.3 is 15.0 Å². The number of aliphatic carboxylic acids is 1. The quantitative estimate of drug-likeness (QED) is 0.440. The monoisotopic (exact) mass is 333 g/mol. The number of hydrogen-bond donors (Lipinski definition) is 1. The molecule has 1 aliphatic carbocycles. The number of rotatable bonds is 12. The van der Waals surface area contributed by atoms with Crippen molar-refractivity contribution in [1.29, 1.82) is 0 Å². The van der Waals surface area contributed by atoms with Gasteiger partial charge >= 0.3 is 0 Å². The zero-order chi connectivity index (χ0) is 17.8. The lowest BCUT2D eigenvalue weighted by Gasteiger charge is -2.13. The number of carboxylic acids is 1. The Morgan fingerprint density at radius 2 is 2.12 bits per heavy atom. The molecule has 3 atom stereocenters. The number of carbonyl (C=O) groups excluding carboxylic acids is 2. The van der Waals surface area contributed by atoms with E-state index in [-0.39, 0.29) is 24.0 Å².